The highest BCUT2D eigenvalue weighted by Crippen LogP contribution is 2.30. The minimum absolute atomic E-state index is 0.0262. The number of carbonyl (C=O) groups excluding carboxylic acids is 1. The highest BCUT2D eigenvalue weighted by Gasteiger charge is 2.18. The molecular weight excluding hydrogens is 318 g/mol. The van der Waals surface area contributed by atoms with Gasteiger partial charge in [-0.3, -0.25) is 4.79 Å². The highest BCUT2D eigenvalue weighted by atomic mass is 35.5. The molecule has 0 spiro atoms. The Morgan fingerprint density at radius 1 is 1.21 bits per heavy atom. The van der Waals surface area contributed by atoms with Crippen LogP contribution in [-0.2, 0) is 17.6 Å². The third-order valence-corrected chi connectivity index (χ3v) is 4.30. The van der Waals surface area contributed by atoms with Gasteiger partial charge in [-0.25, -0.2) is 0 Å². The van der Waals surface area contributed by atoms with E-state index in [4.69, 9.17) is 11.6 Å². The van der Waals surface area contributed by atoms with Crippen LogP contribution in [-0.4, -0.2) is 5.91 Å². The Morgan fingerprint density at radius 3 is 2.79 bits per heavy atom. The second kappa shape index (κ2) is 7.33. The average Bonchev–Trinajstić information content (AvgIpc) is 2.98. The molecule has 3 heteroatoms. The van der Waals surface area contributed by atoms with Crippen LogP contribution >= 0.6 is 11.6 Å². The zero-order valence-electron chi connectivity index (χ0n) is 13.3. The molecule has 1 heterocycles. The van der Waals surface area contributed by atoms with E-state index in [0.29, 0.717) is 11.5 Å². The van der Waals surface area contributed by atoms with Gasteiger partial charge in [-0.2, -0.15) is 0 Å². The summed E-state index contributed by atoms with van der Waals surface area (Å²) in [5.74, 6) is 0.0262. The number of allylic oxidation sites excluding steroid dienone is 5. The summed E-state index contributed by atoms with van der Waals surface area (Å²) in [6.45, 7) is 4.07. The predicted octanol–water partition coefficient (Wildman–Crippen LogP) is 5.12. The molecule has 24 heavy (non-hydrogen) atoms. The Morgan fingerprint density at radius 2 is 2.00 bits per heavy atom. The maximum absolute atomic E-state index is 11.4. The molecule has 0 atom stereocenters. The number of anilines is 1. The maximum Gasteiger partial charge on any atom is 0.228 e. The van der Waals surface area contributed by atoms with Crippen LogP contribution < -0.4 is 5.32 Å². The lowest BCUT2D eigenvalue weighted by Crippen LogP contribution is -2.03. The SMILES string of the molecule is C=C(/C(Cl)=C\C=C/Cc1ccccc1)c1ccc2c(c1)CC(=O)N2. The molecule has 1 amide bonds. The third-order valence-electron chi connectivity index (χ3n) is 3.94. The van der Waals surface area contributed by atoms with Gasteiger partial charge in [-0.15, -0.1) is 0 Å². The summed E-state index contributed by atoms with van der Waals surface area (Å²) < 4.78 is 0. The molecule has 1 aliphatic heterocycles. The molecule has 0 aromatic heterocycles. The Labute approximate surface area is 147 Å². The first-order chi connectivity index (χ1) is 11.6. The van der Waals surface area contributed by atoms with Crippen LogP contribution in [0.4, 0.5) is 5.69 Å². The van der Waals surface area contributed by atoms with E-state index < -0.39 is 0 Å². The lowest BCUT2D eigenvalue weighted by molar-refractivity contribution is -0.115. The van der Waals surface area contributed by atoms with Gasteiger partial charge in [0, 0.05) is 10.7 Å². The number of benzene rings is 2. The molecule has 1 aliphatic rings. The molecule has 0 bridgehead atoms. The summed E-state index contributed by atoms with van der Waals surface area (Å²) in [5, 5.41) is 3.42. The van der Waals surface area contributed by atoms with E-state index in [-0.39, 0.29) is 5.91 Å². The van der Waals surface area contributed by atoms with Gasteiger partial charge in [0.15, 0.2) is 0 Å². The number of carbonyl (C=O) groups is 1. The predicted molar refractivity (Wildman–Crippen MR) is 101 cm³/mol. The summed E-state index contributed by atoms with van der Waals surface area (Å²) in [5.41, 5.74) is 4.81. The van der Waals surface area contributed by atoms with Crippen molar-refractivity contribution < 1.29 is 4.79 Å². The number of hydrogen-bond donors (Lipinski definition) is 1. The van der Waals surface area contributed by atoms with Crippen LogP contribution in [0.2, 0.25) is 0 Å². The van der Waals surface area contributed by atoms with E-state index in [0.717, 1.165) is 28.8 Å². The Balaban J connectivity index is 1.66. The molecule has 0 saturated carbocycles. The fourth-order valence-corrected chi connectivity index (χ4v) is 2.81. The normalized spacial score (nSPS) is 13.9. The maximum atomic E-state index is 11.4. The molecule has 0 radical (unpaired) electrons. The summed E-state index contributed by atoms with van der Waals surface area (Å²) in [6.07, 6.45) is 7.13. The number of fused-ring (bicyclic) bond motifs is 1. The summed E-state index contributed by atoms with van der Waals surface area (Å²) in [6, 6.07) is 16.0. The smallest absolute Gasteiger partial charge is 0.228 e. The third kappa shape index (κ3) is 3.84. The molecule has 0 unspecified atom stereocenters. The van der Waals surface area contributed by atoms with Gasteiger partial charge in [0.2, 0.25) is 5.91 Å². The fraction of sp³-hybridized carbons (Fsp3) is 0.0952. The van der Waals surface area contributed by atoms with Crippen molar-refractivity contribution in [2.24, 2.45) is 0 Å². The van der Waals surface area contributed by atoms with Crippen LogP contribution in [0.5, 0.6) is 0 Å². The van der Waals surface area contributed by atoms with Crippen molar-refractivity contribution in [2.75, 3.05) is 5.32 Å². The fourth-order valence-electron chi connectivity index (χ4n) is 2.63. The first-order valence-corrected chi connectivity index (χ1v) is 8.20. The van der Waals surface area contributed by atoms with Crippen molar-refractivity contribution >= 4 is 28.8 Å². The number of amides is 1. The molecule has 0 aliphatic carbocycles. The van der Waals surface area contributed by atoms with Crippen LogP contribution in [0, 0.1) is 0 Å². The van der Waals surface area contributed by atoms with Crippen molar-refractivity contribution in [1.82, 2.24) is 0 Å². The topological polar surface area (TPSA) is 29.1 Å². The van der Waals surface area contributed by atoms with E-state index in [2.05, 4.69) is 30.1 Å². The molecule has 0 fully saturated rings. The van der Waals surface area contributed by atoms with Crippen LogP contribution in [0.3, 0.4) is 0 Å². The largest absolute Gasteiger partial charge is 0.326 e. The zero-order valence-corrected chi connectivity index (χ0v) is 14.0. The molecule has 2 aromatic rings. The number of nitrogens with one attached hydrogen (secondary N) is 1. The van der Waals surface area contributed by atoms with Gasteiger partial charge in [0.25, 0.3) is 0 Å². The second-order valence-corrected chi connectivity index (χ2v) is 6.12. The second-order valence-electron chi connectivity index (χ2n) is 5.71. The minimum atomic E-state index is 0.0262. The standard InChI is InChI=1S/C21H18ClNO/c1-15(17-11-12-20-18(13-17)14-21(24)23-20)19(22)10-6-5-9-16-7-3-2-4-8-16/h2-8,10-13H,1,9,14H2,(H,23,24)/b6-5-,19-10+. The van der Waals surface area contributed by atoms with Gasteiger partial charge < -0.3 is 5.32 Å². The van der Waals surface area contributed by atoms with Gasteiger partial charge in [-0.1, -0.05) is 66.7 Å². The lowest BCUT2D eigenvalue weighted by atomic mass is 10.0. The molecule has 120 valence electrons. The van der Waals surface area contributed by atoms with E-state index in [1.54, 1.807) is 0 Å². The van der Waals surface area contributed by atoms with Gasteiger partial charge in [0.1, 0.15) is 0 Å². The average molecular weight is 336 g/mol. The minimum Gasteiger partial charge on any atom is -0.326 e. The van der Waals surface area contributed by atoms with Crippen molar-refractivity contribution in [1.29, 1.82) is 0 Å². The van der Waals surface area contributed by atoms with Gasteiger partial charge >= 0.3 is 0 Å². The van der Waals surface area contributed by atoms with Crippen molar-refractivity contribution in [3.63, 3.8) is 0 Å². The number of hydrogen-bond acceptors (Lipinski definition) is 1. The Kier molecular flexibility index (Phi) is 4.97. The van der Waals surface area contributed by atoms with Crippen molar-refractivity contribution in [3.8, 4) is 0 Å². The van der Waals surface area contributed by atoms with Gasteiger partial charge in [0.05, 0.1) is 6.42 Å². The van der Waals surface area contributed by atoms with Crippen molar-refractivity contribution in [2.45, 2.75) is 12.8 Å². The Bertz CT molecular complexity index is 834. The first kappa shape index (κ1) is 16.3. The lowest BCUT2D eigenvalue weighted by Gasteiger charge is -2.06. The van der Waals surface area contributed by atoms with E-state index in [1.165, 1.54) is 5.56 Å². The molecule has 3 rings (SSSR count). The quantitative estimate of drug-likeness (QED) is 0.755. The van der Waals surface area contributed by atoms with E-state index >= 15 is 0 Å². The molecule has 0 saturated heterocycles. The van der Waals surface area contributed by atoms with Crippen LogP contribution in [0.1, 0.15) is 16.7 Å². The zero-order chi connectivity index (χ0) is 16.9. The highest BCUT2D eigenvalue weighted by molar-refractivity contribution is 6.37. The van der Waals surface area contributed by atoms with E-state index in [9.17, 15) is 4.79 Å². The molecular formula is C21H18ClNO. The molecule has 2 aromatic carbocycles. The number of halogens is 1. The first-order valence-electron chi connectivity index (χ1n) is 7.82. The van der Waals surface area contributed by atoms with E-state index in [1.807, 2.05) is 48.6 Å². The van der Waals surface area contributed by atoms with Crippen LogP contribution in [0.25, 0.3) is 5.57 Å². The number of rotatable bonds is 5. The van der Waals surface area contributed by atoms with Crippen molar-refractivity contribution in [3.05, 3.63) is 95.1 Å². The molecule has 1 N–H and O–H groups in total. The Hall–Kier alpha value is -2.58. The van der Waals surface area contributed by atoms with Crippen LogP contribution in [0.15, 0.2) is 78.4 Å². The summed E-state index contributed by atoms with van der Waals surface area (Å²) in [7, 11) is 0. The molecule has 2 nitrogen and oxygen atoms in total. The monoisotopic (exact) mass is 335 g/mol. The van der Waals surface area contributed by atoms with Gasteiger partial charge in [-0.05, 0) is 46.9 Å². The summed E-state index contributed by atoms with van der Waals surface area (Å²) in [4.78, 5) is 11.4. The summed E-state index contributed by atoms with van der Waals surface area (Å²) >= 11 is 6.35.